The Bertz CT molecular complexity index is 267. The van der Waals surface area contributed by atoms with Crippen molar-refractivity contribution in [1.29, 1.82) is 5.26 Å². The highest BCUT2D eigenvalue weighted by Gasteiger charge is 2.03. The van der Waals surface area contributed by atoms with Crippen LogP contribution in [0.4, 0.5) is 0 Å². The summed E-state index contributed by atoms with van der Waals surface area (Å²) in [4.78, 5) is 0. The van der Waals surface area contributed by atoms with Crippen molar-refractivity contribution in [3.8, 4) is 6.07 Å². The first-order chi connectivity index (χ1) is 4.79. The quantitative estimate of drug-likeness (QED) is 0.573. The molecule has 52 valence electrons. The van der Waals surface area contributed by atoms with Gasteiger partial charge >= 0.3 is 0 Å². The minimum atomic E-state index is 0.685. The van der Waals surface area contributed by atoms with Gasteiger partial charge in [0, 0.05) is 7.05 Å². The molecule has 0 saturated carbocycles. The van der Waals surface area contributed by atoms with E-state index < -0.39 is 0 Å². The lowest BCUT2D eigenvalue weighted by molar-refractivity contribution is 0.717. The Balaban J connectivity index is 3.16. The molecule has 0 aliphatic carbocycles. The van der Waals surface area contributed by atoms with Gasteiger partial charge in [-0.1, -0.05) is 6.92 Å². The van der Waals surface area contributed by atoms with Gasteiger partial charge in [0.1, 0.15) is 6.07 Å². The van der Waals surface area contributed by atoms with E-state index in [-0.39, 0.29) is 0 Å². The third-order valence-electron chi connectivity index (χ3n) is 1.52. The third-order valence-corrected chi connectivity index (χ3v) is 1.52. The van der Waals surface area contributed by atoms with Crippen LogP contribution in [0.2, 0.25) is 0 Å². The zero-order valence-electron chi connectivity index (χ0n) is 6.13. The van der Waals surface area contributed by atoms with E-state index in [0.29, 0.717) is 5.56 Å². The fraction of sp³-hybridized carbons (Fsp3) is 0.429. The summed E-state index contributed by atoms with van der Waals surface area (Å²) in [6, 6.07) is 2.08. The summed E-state index contributed by atoms with van der Waals surface area (Å²) >= 11 is 0. The van der Waals surface area contributed by atoms with Crippen molar-refractivity contribution in [1.82, 2.24) is 9.78 Å². The molecule has 0 bridgehead atoms. The zero-order chi connectivity index (χ0) is 7.56. The first-order valence-corrected chi connectivity index (χ1v) is 3.20. The summed E-state index contributed by atoms with van der Waals surface area (Å²) in [5.41, 5.74) is 1.69. The van der Waals surface area contributed by atoms with Crippen LogP contribution >= 0.6 is 0 Å². The number of nitrogens with zero attached hydrogens (tertiary/aromatic N) is 3. The van der Waals surface area contributed by atoms with Crippen LogP contribution in [0, 0.1) is 11.3 Å². The molecule has 1 aromatic rings. The van der Waals surface area contributed by atoms with Crippen LogP contribution in [-0.4, -0.2) is 9.78 Å². The van der Waals surface area contributed by atoms with E-state index in [1.807, 2.05) is 14.0 Å². The van der Waals surface area contributed by atoms with E-state index in [9.17, 15) is 0 Å². The number of hydrogen-bond donors (Lipinski definition) is 0. The predicted molar refractivity (Wildman–Crippen MR) is 37.3 cm³/mol. The van der Waals surface area contributed by atoms with Crippen molar-refractivity contribution in [2.45, 2.75) is 13.3 Å². The standard InChI is InChI=1S/C7H9N3/c1-3-7-6(4-8)5-9-10(7)2/h5H,3H2,1-2H3. The summed E-state index contributed by atoms with van der Waals surface area (Å²) in [6.07, 6.45) is 2.46. The molecular formula is C7H9N3. The largest absolute Gasteiger partial charge is 0.271 e. The van der Waals surface area contributed by atoms with Crippen LogP contribution in [0.3, 0.4) is 0 Å². The highest BCUT2D eigenvalue weighted by atomic mass is 15.3. The molecule has 0 amide bonds. The fourth-order valence-corrected chi connectivity index (χ4v) is 0.976. The Morgan fingerprint density at radius 2 is 2.50 bits per heavy atom. The molecule has 0 unspecified atom stereocenters. The fourth-order valence-electron chi connectivity index (χ4n) is 0.976. The predicted octanol–water partition coefficient (Wildman–Crippen LogP) is 0.854. The SMILES string of the molecule is CCc1c(C#N)cnn1C. The number of nitriles is 1. The molecule has 0 saturated heterocycles. The normalized spacial score (nSPS) is 9.30. The molecule has 1 rings (SSSR count). The molecule has 3 nitrogen and oxygen atoms in total. The van der Waals surface area contributed by atoms with E-state index in [4.69, 9.17) is 5.26 Å². The van der Waals surface area contributed by atoms with Crippen LogP contribution < -0.4 is 0 Å². The number of hydrogen-bond acceptors (Lipinski definition) is 2. The number of rotatable bonds is 1. The minimum Gasteiger partial charge on any atom is -0.271 e. The molecule has 0 fully saturated rings. The minimum absolute atomic E-state index is 0.685. The van der Waals surface area contributed by atoms with Gasteiger partial charge in [-0.05, 0) is 6.42 Å². The topological polar surface area (TPSA) is 41.6 Å². The smallest absolute Gasteiger partial charge is 0.103 e. The molecule has 0 atom stereocenters. The first kappa shape index (κ1) is 6.81. The summed E-state index contributed by atoms with van der Waals surface area (Å²) in [5.74, 6) is 0. The Kier molecular flexibility index (Phi) is 1.72. The third kappa shape index (κ3) is 0.883. The van der Waals surface area contributed by atoms with Gasteiger partial charge < -0.3 is 0 Å². The zero-order valence-corrected chi connectivity index (χ0v) is 6.13. The van der Waals surface area contributed by atoms with Crippen molar-refractivity contribution < 1.29 is 0 Å². The van der Waals surface area contributed by atoms with Crippen LogP contribution in [0.15, 0.2) is 6.20 Å². The van der Waals surface area contributed by atoms with Crippen molar-refractivity contribution in [3.63, 3.8) is 0 Å². The average Bonchev–Trinajstić information content (AvgIpc) is 2.30. The summed E-state index contributed by atoms with van der Waals surface area (Å²) in [6.45, 7) is 2.01. The second-order valence-electron chi connectivity index (χ2n) is 2.09. The van der Waals surface area contributed by atoms with Crippen LogP contribution in [0.25, 0.3) is 0 Å². The molecule has 0 N–H and O–H groups in total. The Morgan fingerprint density at radius 1 is 1.80 bits per heavy atom. The van der Waals surface area contributed by atoms with E-state index >= 15 is 0 Å². The maximum absolute atomic E-state index is 8.56. The first-order valence-electron chi connectivity index (χ1n) is 3.20. The van der Waals surface area contributed by atoms with Gasteiger partial charge in [0.25, 0.3) is 0 Å². The van der Waals surface area contributed by atoms with Gasteiger partial charge in [-0.15, -0.1) is 0 Å². The second-order valence-corrected chi connectivity index (χ2v) is 2.09. The molecule has 0 aromatic carbocycles. The van der Waals surface area contributed by atoms with Gasteiger partial charge in [-0.2, -0.15) is 10.4 Å². The average molecular weight is 135 g/mol. The van der Waals surface area contributed by atoms with Crippen LogP contribution in [-0.2, 0) is 13.5 Å². The van der Waals surface area contributed by atoms with Crippen molar-refractivity contribution >= 4 is 0 Å². The van der Waals surface area contributed by atoms with E-state index in [0.717, 1.165) is 12.1 Å². The molecule has 1 heterocycles. The lowest BCUT2D eigenvalue weighted by atomic mass is 10.2. The van der Waals surface area contributed by atoms with Gasteiger partial charge in [0.2, 0.25) is 0 Å². The molecule has 10 heavy (non-hydrogen) atoms. The van der Waals surface area contributed by atoms with E-state index in [1.165, 1.54) is 0 Å². The molecule has 0 aliphatic heterocycles. The highest BCUT2D eigenvalue weighted by molar-refractivity contribution is 5.30. The van der Waals surface area contributed by atoms with Crippen molar-refractivity contribution in [2.24, 2.45) is 7.05 Å². The van der Waals surface area contributed by atoms with Crippen molar-refractivity contribution in [2.75, 3.05) is 0 Å². The number of aromatic nitrogens is 2. The van der Waals surface area contributed by atoms with Crippen molar-refractivity contribution in [3.05, 3.63) is 17.5 Å². The molecular weight excluding hydrogens is 126 g/mol. The van der Waals surface area contributed by atoms with Crippen LogP contribution in [0.1, 0.15) is 18.2 Å². The van der Waals surface area contributed by atoms with E-state index in [1.54, 1.807) is 10.9 Å². The Morgan fingerprint density at radius 3 is 2.90 bits per heavy atom. The van der Waals surface area contributed by atoms with Crippen LogP contribution in [0.5, 0.6) is 0 Å². The molecule has 0 spiro atoms. The van der Waals surface area contributed by atoms with E-state index in [2.05, 4.69) is 11.2 Å². The summed E-state index contributed by atoms with van der Waals surface area (Å²) < 4.78 is 1.73. The maximum atomic E-state index is 8.56. The highest BCUT2D eigenvalue weighted by Crippen LogP contribution is 2.05. The second kappa shape index (κ2) is 2.53. The lowest BCUT2D eigenvalue weighted by Crippen LogP contribution is -1.96. The molecule has 0 radical (unpaired) electrons. The van der Waals surface area contributed by atoms with Gasteiger partial charge in [-0.3, -0.25) is 4.68 Å². The van der Waals surface area contributed by atoms with Gasteiger partial charge in [0.15, 0.2) is 0 Å². The monoisotopic (exact) mass is 135 g/mol. The van der Waals surface area contributed by atoms with Gasteiger partial charge in [-0.25, -0.2) is 0 Å². The Labute approximate surface area is 59.9 Å². The summed E-state index contributed by atoms with van der Waals surface area (Å²) in [7, 11) is 1.85. The maximum Gasteiger partial charge on any atom is 0.103 e. The molecule has 0 aliphatic rings. The Hall–Kier alpha value is -1.30. The van der Waals surface area contributed by atoms with Gasteiger partial charge in [0.05, 0.1) is 17.5 Å². The summed E-state index contributed by atoms with van der Waals surface area (Å²) in [5, 5.41) is 12.5. The lowest BCUT2D eigenvalue weighted by Gasteiger charge is -1.95. The molecule has 3 heteroatoms. The molecule has 1 aromatic heterocycles. The number of aryl methyl sites for hydroxylation is 1.